The maximum Gasteiger partial charge on any atom is 0.124 e. The van der Waals surface area contributed by atoms with Crippen molar-refractivity contribution in [2.24, 2.45) is 0 Å². The van der Waals surface area contributed by atoms with Gasteiger partial charge in [0.25, 0.3) is 0 Å². The second-order valence-electron chi connectivity index (χ2n) is 7.18. The van der Waals surface area contributed by atoms with Crippen molar-refractivity contribution in [3.8, 4) is 0 Å². The summed E-state index contributed by atoms with van der Waals surface area (Å²) in [5.74, 6) is 1.08. The van der Waals surface area contributed by atoms with E-state index in [1.165, 1.54) is 5.56 Å². The number of halogens is 1. The summed E-state index contributed by atoms with van der Waals surface area (Å²) in [4.78, 5) is 7.34. The molecule has 0 radical (unpaired) electrons. The molecule has 2 aromatic carbocycles. The Morgan fingerprint density at radius 3 is 2.50 bits per heavy atom. The fourth-order valence-electron chi connectivity index (χ4n) is 3.83. The number of imidazole rings is 1. The zero-order chi connectivity index (χ0) is 18.1. The number of morpholine rings is 1. The molecule has 1 saturated heterocycles. The number of nitrogens with zero attached hydrogens (tertiary/aromatic N) is 3. The van der Waals surface area contributed by atoms with Gasteiger partial charge in [-0.2, -0.15) is 0 Å². The molecular formula is C21H24ClN3O. The van der Waals surface area contributed by atoms with Crippen molar-refractivity contribution in [3.05, 3.63) is 64.9 Å². The van der Waals surface area contributed by atoms with E-state index in [0.29, 0.717) is 0 Å². The Kier molecular flexibility index (Phi) is 4.98. The third-order valence-electron chi connectivity index (χ3n) is 4.83. The van der Waals surface area contributed by atoms with E-state index in [1.54, 1.807) is 0 Å². The number of hydrogen-bond acceptors (Lipinski definition) is 3. The van der Waals surface area contributed by atoms with Crippen LogP contribution in [0.1, 0.15) is 25.2 Å². The highest BCUT2D eigenvalue weighted by Crippen LogP contribution is 2.23. The Morgan fingerprint density at radius 2 is 1.77 bits per heavy atom. The molecule has 0 aliphatic carbocycles. The highest BCUT2D eigenvalue weighted by Gasteiger charge is 2.24. The van der Waals surface area contributed by atoms with Crippen LogP contribution in [0.5, 0.6) is 0 Å². The van der Waals surface area contributed by atoms with E-state index in [-0.39, 0.29) is 12.2 Å². The lowest BCUT2D eigenvalue weighted by molar-refractivity contribution is -0.0712. The van der Waals surface area contributed by atoms with E-state index in [2.05, 4.69) is 53.6 Å². The zero-order valence-electron chi connectivity index (χ0n) is 15.2. The van der Waals surface area contributed by atoms with Crippen molar-refractivity contribution in [1.29, 1.82) is 0 Å². The van der Waals surface area contributed by atoms with Crippen LogP contribution in [0.25, 0.3) is 11.0 Å². The number of ether oxygens (including phenoxy) is 1. The summed E-state index contributed by atoms with van der Waals surface area (Å²) in [6.07, 6.45) is 0.500. The fourth-order valence-corrected chi connectivity index (χ4v) is 4.00. The van der Waals surface area contributed by atoms with Gasteiger partial charge >= 0.3 is 0 Å². The summed E-state index contributed by atoms with van der Waals surface area (Å²) in [7, 11) is 0. The predicted molar refractivity (Wildman–Crippen MR) is 106 cm³/mol. The lowest BCUT2D eigenvalue weighted by atomic mass is 10.2. The monoisotopic (exact) mass is 369 g/mol. The van der Waals surface area contributed by atoms with Crippen molar-refractivity contribution < 1.29 is 4.74 Å². The van der Waals surface area contributed by atoms with Gasteiger partial charge in [-0.05, 0) is 37.6 Å². The van der Waals surface area contributed by atoms with Crippen LogP contribution in [0.3, 0.4) is 0 Å². The summed E-state index contributed by atoms with van der Waals surface area (Å²) < 4.78 is 8.18. The van der Waals surface area contributed by atoms with E-state index in [0.717, 1.165) is 48.1 Å². The molecule has 4 nitrogen and oxygen atoms in total. The lowest BCUT2D eigenvalue weighted by Gasteiger charge is -2.35. The first-order chi connectivity index (χ1) is 12.6. The third-order valence-corrected chi connectivity index (χ3v) is 5.07. The average Bonchev–Trinajstić information content (AvgIpc) is 2.91. The first kappa shape index (κ1) is 17.5. The Balaban J connectivity index is 1.69. The van der Waals surface area contributed by atoms with E-state index < -0.39 is 0 Å². The molecule has 0 amide bonds. The minimum absolute atomic E-state index is 0.250. The van der Waals surface area contributed by atoms with Gasteiger partial charge in [-0.3, -0.25) is 4.90 Å². The average molecular weight is 370 g/mol. The molecule has 2 heterocycles. The molecule has 1 aliphatic heterocycles. The standard InChI is InChI=1S/C21H24ClN3O/c1-15-11-24(12-16(2)26-15)14-21-23-19-10-18(22)8-9-20(19)25(21)13-17-6-4-3-5-7-17/h3-10,15-16H,11-14H2,1-2H3/t15-,16-/m1/s1. The molecule has 1 aromatic heterocycles. The van der Waals surface area contributed by atoms with Gasteiger partial charge in [0.05, 0.1) is 29.8 Å². The molecule has 136 valence electrons. The molecule has 0 bridgehead atoms. The van der Waals surface area contributed by atoms with Gasteiger partial charge in [0, 0.05) is 24.7 Å². The quantitative estimate of drug-likeness (QED) is 0.685. The SMILES string of the molecule is C[C@@H]1CN(Cc2nc3cc(Cl)ccc3n2Cc2ccccc2)C[C@@H](C)O1. The molecule has 4 rings (SSSR count). The van der Waals surface area contributed by atoms with Gasteiger partial charge in [0.15, 0.2) is 0 Å². The van der Waals surface area contributed by atoms with Gasteiger partial charge in [0.1, 0.15) is 5.82 Å². The zero-order valence-corrected chi connectivity index (χ0v) is 16.0. The summed E-state index contributed by atoms with van der Waals surface area (Å²) in [6.45, 7) is 7.75. The van der Waals surface area contributed by atoms with Crippen LogP contribution in [0.15, 0.2) is 48.5 Å². The van der Waals surface area contributed by atoms with Crippen molar-refractivity contribution in [2.75, 3.05) is 13.1 Å². The number of benzene rings is 2. The van der Waals surface area contributed by atoms with Crippen LogP contribution in [-0.4, -0.2) is 39.7 Å². The second-order valence-corrected chi connectivity index (χ2v) is 7.62. The van der Waals surface area contributed by atoms with Crippen LogP contribution in [0, 0.1) is 0 Å². The van der Waals surface area contributed by atoms with Gasteiger partial charge < -0.3 is 9.30 Å². The fraction of sp³-hybridized carbons (Fsp3) is 0.381. The third kappa shape index (κ3) is 3.78. The number of aromatic nitrogens is 2. The van der Waals surface area contributed by atoms with Crippen molar-refractivity contribution in [1.82, 2.24) is 14.5 Å². The van der Waals surface area contributed by atoms with Crippen molar-refractivity contribution in [2.45, 2.75) is 39.1 Å². The van der Waals surface area contributed by atoms with E-state index >= 15 is 0 Å². The van der Waals surface area contributed by atoms with Crippen LogP contribution in [0.4, 0.5) is 0 Å². The maximum atomic E-state index is 6.19. The van der Waals surface area contributed by atoms with Gasteiger partial charge in [-0.25, -0.2) is 4.98 Å². The molecule has 0 spiro atoms. The van der Waals surface area contributed by atoms with Gasteiger partial charge in [-0.15, -0.1) is 0 Å². The smallest absolute Gasteiger partial charge is 0.124 e. The summed E-state index contributed by atoms with van der Waals surface area (Å²) in [6, 6.07) is 16.5. The van der Waals surface area contributed by atoms with Gasteiger partial charge in [-0.1, -0.05) is 41.9 Å². The molecule has 2 atom stereocenters. The molecule has 26 heavy (non-hydrogen) atoms. The minimum atomic E-state index is 0.250. The molecule has 3 aromatic rings. The first-order valence-corrected chi connectivity index (χ1v) is 9.52. The number of hydrogen-bond donors (Lipinski definition) is 0. The van der Waals surface area contributed by atoms with Crippen LogP contribution < -0.4 is 0 Å². The van der Waals surface area contributed by atoms with Crippen molar-refractivity contribution in [3.63, 3.8) is 0 Å². The highest BCUT2D eigenvalue weighted by atomic mass is 35.5. The first-order valence-electron chi connectivity index (χ1n) is 9.15. The Labute approximate surface area is 159 Å². The second kappa shape index (κ2) is 7.39. The topological polar surface area (TPSA) is 30.3 Å². The molecule has 0 N–H and O–H groups in total. The van der Waals surface area contributed by atoms with E-state index in [1.807, 2.05) is 18.2 Å². The summed E-state index contributed by atoms with van der Waals surface area (Å²) in [5.41, 5.74) is 3.35. The maximum absolute atomic E-state index is 6.19. The van der Waals surface area contributed by atoms with Crippen LogP contribution >= 0.6 is 11.6 Å². The number of fused-ring (bicyclic) bond motifs is 1. The van der Waals surface area contributed by atoms with Crippen LogP contribution in [-0.2, 0) is 17.8 Å². The molecule has 0 saturated carbocycles. The molecular weight excluding hydrogens is 346 g/mol. The molecule has 1 fully saturated rings. The highest BCUT2D eigenvalue weighted by molar-refractivity contribution is 6.31. The molecule has 0 unspecified atom stereocenters. The van der Waals surface area contributed by atoms with Crippen molar-refractivity contribution >= 4 is 22.6 Å². The Morgan fingerprint density at radius 1 is 1.04 bits per heavy atom. The van der Waals surface area contributed by atoms with E-state index in [4.69, 9.17) is 21.3 Å². The minimum Gasteiger partial charge on any atom is -0.373 e. The normalized spacial score (nSPS) is 21.3. The predicted octanol–water partition coefficient (Wildman–Crippen LogP) is 4.35. The van der Waals surface area contributed by atoms with Crippen LogP contribution in [0.2, 0.25) is 5.02 Å². The Bertz CT molecular complexity index is 883. The summed E-state index contributed by atoms with van der Waals surface area (Å²) >= 11 is 6.19. The van der Waals surface area contributed by atoms with E-state index in [9.17, 15) is 0 Å². The molecule has 5 heteroatoms. The lowest BCUT2D eigenvalue weighted by Crippen LogP contribution is -2.45. The van der Waals surface area contributed by atoms with Gasteiger partial charge in [0.2, 0.25) is 0 Å². The summed E-state index contributed by atoms with van der Waals surface area (Å²) in [5, 5.41) is 0.724. The largest absolute Gasteiger partial charge is 0.373 e. The molecule has 1 aliphatic rings. The number of rotatable bonds is 4. The Hall–Kier alpha value is -1.88.